The maximum absolute atomic E-state index is 12.2. The van der Waals surface area contributed by atoms with E-state index in [0.717, 1.165) is 5.56 Å². The molecule has 0 aliphatic heterocycles. The average molecular weight is 337 g/mol. The Morgan fingerprint density at radius 3 is 2.61 bits per heavy atom. The number of aromatic amines is 1. The summed E-state index contributed by atoms with van der Waals surface area (Å²) in [5.41, 5.74) is 1.40. The van der Waals surface area contributed by atoms with Crippen molar-refractivity contribution in [2.24, 2.45) is 0 Å². The van der Waals surface area contributed by atoms with Gasteiger partial charge in [-0.1, -0.05) is 30.3 Å². The van der Waals surface area contributed by atoms with E-state index < -0.39 is 6.04 Å². The van der Waals surface area contributed by atoms with Crippen LogP contribution in [0.3, 0.4) is 0 Å². The fraction of sp³-hybridized carbons (Fsp3) is 0.312. The predicted molar refractivity (Wildman–Crippen MR) is 91.8 cm³/mol. The molecule has 1 atom stereocenters. The molecule has 0 aliphatic carbocycles. The summed E-state index contributed by atoms with van der Waals surface area (Å²) < 4.78 is 0. The number of nitrogens with zero attached hydrogens (tertiary/aromatic N) is 1. The molecule has 2 rings (SSSR count). The fourth-order valence-corrected chi connectivity index (χ4v) is 2.26. The van der Waals surface area contributed by atoms with Crippen LogP contribution in [0.1, 0.15) is 23.1 Å². The van der Waals surface area contributed by atoms with Crippen LogP contribution in [0.15, 0.2) is 41.2 Å². The SMILES string of the molecule is CNC(C(=O)NCCc1nc(C)cc(=O)[nH]1)c1ccccc1.Cl. The summed E-state index contributed by atoms with van der Waals surface area (Å²) in [7, 11) is 1.75. The number of likely N-dealkylation sites (N-methyl/N-ethyl adjacent to an activating group) is 1. The molecule has 0 spiro atoms. The molecular weight excluding hydrogens is 316 g/mol. The molecule has 124 valence electrons. The summed E-state index contributed by atoms with van der Waals surface area (Å²) in [6.45, 7) is 2.18. The number of rotatable bonds is 6. The summed E-state index contributed by atoms with van der Waals surface area (Å²) in [5, 5.41) is 5.86. The molecule has 1 aromatic carbocycles. The van der Waals surface area contributed by atoms with Crippen LogP contribution in [0.5, 0.6) is 0 Å². The third-order valence-corrected chi connectivity index (χ3v) is 3.26. The van der Waals surface area contributed by atoms with Crippen LogP contribution in [0.25, 0.3) is 0 Å². The van der Waals surface area contributed by atoms with Crippen LogP contribution >= 0.6 is 12.4 Å². The third-order valence-electron chi connectivity index (χ3n) is 3.26. The van der Waals surface area contributed by atoms with E-state index in [4.69, 9.17) is 0 Å². The van der Waals surface area contributed by atoms with Gasteiger partial charge in [-0.3, -0.25) is 9.59 Å². The highest BCUT2D eigenvalue weighted by atomic mass is 35.5. The quantitative estimate of drug-likeness (QED) is 0.737. The van der Waals surface area contributed by atoms with Gasteiger partial charge >= 0.3 is 0 Å². The second kappa shape index (κ2) is 9.07. The lowest BCUT2D eigenvalue weighted by Gasteiger charge is -2.16. The van der Waals surface area contributed by atoms with Gasteiger partial charge < -0.3 is 15.6 Å². The monoisotopic (exact) mass is 336 g/mol. The lowest BCUT2D eigenvalue weighted by atomic mass is 10.1. The molecule has 1 unspecified atom stereocenters. The van der Waals surface area contributed by atoms with Gasteiger partial charge in [-0.25, -0.2) is 4.98 Å². The number of aryl methyl sites for hydroxylation is 1. The number of carbonyl (C=O) groups excluding carboxylic acids is 1. The zero-order chi connectivity index (χ0) is 15.9. The van der Waals surface area contributed by atoms with Gasteiger partial charge in [-0.2, -0.15) is 0 Å². The molecule has 1 amide bonds. The Kier molecular flexibility index (Phi) is 7.44. The molecule has 23 heavy (non-hydrogen) atoms. The molecule has 1 aromatic heterocycles. The number of carbonyl (C=O) groups is 1. The zero-order valence-corrected chi connectivity index (χ0v) is 13.9. The van der Waals surface area contributed by atoms with Crippen molar-refractivity contribution in [3.05, 3.63) is 63.8 Å². The number of nitrogens with one attached hydrogen (secondary N) is 3. The average Bonchev–Trinajstić information content (AvgIpc) is 2.48. The van der Waals surface area contributed by atoms with Crippen molar-refractivity contribution in [1.82, 2.24) is 20.6 Å². The van der Waals surface area contributed by atoms with E-state index in [1.165, 1.54) is 6.07 Å². The fourth-order valence-electron chi connectivity index (χ4n) is 2.26. The van der Waals surface area contributed by atoms with Crippen molar-refractivity contribution in [3.63, 3.8) is 0 Å². The van der Waals surface area contributed by atoms with Crippen molar-refractivity contribution in [2.45, 2.75) is 19.4 Å². The van der Waals surface area contributed by atoms with Crippen LogP contribution in [0.2, 0.25) is 0 Å². The number of aromatic nitrogens is 2. The first-order valence-electron chi connectivity index (χ1n) is 7.17. The summed E-state index contributed by atoms with van der Waals surface area (Å²) in [6, 6.07) is 10.6. The second-order valence-corrected chi connectivity index (χ2v) is 5.01. The highest BCUT2D eigenvalue weighted by molar-refractivity contribution is 5.85. The zero-order valence-electron chi connectivity index (χ0n) is 13.1. The van der Waals surface area contributed by atoms with Gasteiger partial charge in [0.25, 0.3) is 5.56 Å². The van der Waals surface area contributed by atoms with Gasteiger partial charge in [0.1, 0.15) is 11.9 Å². The topological polar surface area (TPSA) is 86.9 Å². The highest BCUT2D eigenvalue weighted by Crippen LogP contribution is 2.11. The number of hydrogen-bond donors (Lipinski definition) is 3. The van der Waals surface area contributed by atoms with E-state index in [9.17, 15) is 9.59 Å². The Labute approximate surface area is 141 Å². The number of halogens is 1. The first kappa shape index (κ1) is 18.9. The minimum absolute atomic E-state index is 0. The lowest BCUT2D eigenvalue weighted by molar-refractivity contribution is -0.123. The summed E-state index contributed by atoms with van der Waals surface area (Å²) in [4.78, 5) is 30.5. The predicted octanol–water partition coefficient (Wildman–Crippen LogP) is 1.12. The number of hydrogen-bond acceptors (Lipinski definition) is 4. The van der Waals surface area contributed by atoms with Crippen molar-refractivity contribution < 1.29 is 4.79 Å². The molecule has 0 bridgehead atoms. The van der Waals surface area contributed by atoms with Gasteiger partial charge in [0, 0.05) is 24.7 Å². The molecule has 0 saturated carbocycles. The molecule has 1 heterocycles. The summed E-state index contributed by atoms with van der Waals surface area (Å²) in [5.74, 6) is 0.467. The highest BCUT2D eigenvalue weighted by Gasteiger charge is 2.17. The number of benzene rings is 1. The number of amides is 1. The van der Waals surface area contributed by atoms with Crippen LogP contribution in [-0.4, -0.2) is 29.5 Å². The van der Waals surface area contributed by atoms with Crippen molar-refractivity contribution in [2.75, 3.05) is 13.6 Å². The first-order chi connectivity index (χ1) is 10.6. The largest absolute Gasteiger partial charge is 0.354 e. The molecule has 7 heteroatoms. The summed E-state index contributed by atoms with van der Waals surface area (Å²) >= 11 is 0. The Balaban J connectivity index is 0.00000264. The van der Waals surface area contributed by atoms with Crippen LogP contribution < -0.4 is 16.2 Å². The Bertz CT molecular complexity index is 688. The Morgan fingerprint density at radius 2 is 2.00 bits per heavy atom. The minimum atomic E-state index is -0.397. The van der Waals surface area contributed by atoms with Crippen molar-refractivity contribution in [1.29, 1.82) is 0 Å². The normalized spacial score (nSPS) is 11.4. The van der Waals surface area contributed by atoms with Gasteiger partial charge in [-0.05, 0) is 19.5 Å². The molecule has 6 nitrogen and oxygen atoms in total. The standard InChI is InChI=1S/C16H20N4O2.ClH/c1-11-10-14(21)20-13(19-11)8-9-18-16(22)15(17-2)12-6-4-3-5-7-12;/h3-7,10,15,17H,8-9H2,1-2H3,(H,18,22)(H,19,20,21);1H. The number of H-pyrrole nitrogens is 1. The van der Waals surface area contributed by atoms with E-state index in [0.29, 0.717) is 24.5 Å². The van der Waals surface area contributed by atoms with Crippen molar-refractivity contribution >= 4 is 18.3 Å². The second-order valence-electron chi connectivity index (χ2n) is 5.01. The minimum Gasteiger partial charge on any atom is -0.354 e. The Morgan fingerprint density at radius 1 is 1.30 bits per heavy atom. The maximum atomic E-state index is 12.2. The van der Waals surface area contributed by atoms with E-state index in [-0.39, 0.29) is 23.9 Å². The van der Waals surface area contributed by atoms with Crippen molar-refractivity contribution in [3.8, 4) is 0 Å². The van der Waals surface area contributed by atoms with E-state index in [2.05, 4.69) is 20.6 Å². The maximum Gasteiger partial charge on any atom is 0.251 e. The summed E-state index contributed by atoms with van der Waals surface area (Å²) in [6.07, 6.45) is 0.480. The Hall–Kier alpha value is -2.18. The van der Waals surface area contributed by atoms with Gasteiger partial charge in [0.2, 0.25) is 5.91 Å². The molecule has 0 saturated heterocycles. The van der Waals surface area contributed by atoms with Gasteiger partial charge in [0.15, 0.2) is 0 Å². The van der Waals surface area contributed by atoms with Crippen LogP contribution in [0.4, 0.5) is 0 Å². The van der Waals surface area contributed by atoms with Gasteiger partial charge in [-0.15, -0.1) is 12.4 Å². The van der Waals surface area contributed by atoms with Crippen LogP contribution in [0, 0.1) is 6.92 Å². The first-order valence-corrected chi connectivity index (χ1v) is 7.17. The van der Waals surface area contributed by atoms with Crippen LogP contribution in [-0.2, 0) is 11.2 Å². The smallest absolute Gasteiger partial charge is 0.251 e. The van der Waals surface area contributed by atoms with E-state index >= 15 is 0 Å². The van der Waals surface area contributed by atoms with E-state index in [1.54, 1.807) is 14.0 Å². The molecule has 2 aromatic rings. The van der Waals surface area contributed by atoms with E-state index in [1.807, 2.05) is 30.3 Å². The molecule has 3 N–H and O–H groups in total. The molecular formula is C16H21ClN4O2. The molecule has 0 fully saturated rings. The lowest BCUT2D eigenvalue weighted by Crippen LogP contribution is -2.37. The molecule has 0 aliphatic rings. The van der Waals surface area contributed by atoms with Gasteiger partial charge in [0.05, 0.1) is 0 Å². The molecule has 0 radical (unpaired) electrons. The third kappa shape index (κ3) is 5.50.